The summed E-state index contributed by atoms with van der Waals surface area (Å²) in [5.41, 5.74) is 1.84. The van der Waals surface area contributed by atoms with Gasteiger partial charge in [-0.1, -0.05) is 36.2 Å². The van der Waals surface area contributed by atoms with Gasteiger partial charge in [0, 0.05) is 24.5 Å². The third kappa shape index (κ3) is 7.72. The van der Waals surface area contributed by atoms with Crippen molar-refractivity contribution in [3.05, 3.63) is 58.6 Å². The van der Waals surface area contributed by atoms with E-state index in [0.717, 1.165) is 36.8 Å². The molecule has 1 aliphatic rings. The number of esters is 2. The maximum Gasteiger partial charge on any atom is 0.344 e. The Kier molecular flexibility index (Phi) is 9.74. The molecule has 2 N–H and O–H groups in total. The summed E-state index contributed by atoms with van der Waals surface area (Å²) >= 11 is 6.04. The van der Waals surface area contributed by atoms with Crippen LogP contribution in [0.25, 0.3) is 0 Å². The molecular weight excluding hydrogens is 458 g/mol. The van der Waals surface area contributed by atoms with Crippen LogP contribution in [0.4, 0.5) is 0 Å². The van der Waals surface area contributed by atoms with Crippen molar-refractivity contribution in [1.29, 1.82) is 0 Å². The Morgan fingerprint density at radius 1 is 1.18 bits per heavy atom. The van der Waals surface area contributed by atoms with E-state index in [4.69, 9.17) is 25.8 Å². The summed E-state index contributed by atoms with van der Waals surface area (Å²) in [4.78, 5) is 23.2. The zero-order valence-corrected chi connectivity index (χ0v) is 20.3. The Labute approximate surface area is 205 Å². The molecule has 34 heavy (non-hydrogen) atoms. The molecule has 0 spiro atoms. The second-order valence-corrected chi connectivity index (χ2v) is 8.87. The van der Waals surface area contributed by atoms with Crippen LogP contribution in [0.15, 0.2) is 42.5 Å². The normalized spacial score (nSPS) is 18.7. The largest absolute Gasteiger partial charge is 0.478 e. The molecule has 7 nitrogen and oxygen atoms in total. The molecule has 0 amide bonds. The van der Waals surface area contributed by atoms with E-state index < -0.39 is 18.0 Å². The number of ether oxygens (including phenoxy) is 3. The lowest BCUT2D eigenvalue weighted by atomic mass is 9.81. The van der Waals surface area contributed by atoms with Crippen molar-refractivity contribution in [3.8, 4) is 11.5 Å². The van der Waals surface area contributed by atoms with Crippen molar-refractivity contribution in [2.24, 2.45) is 0 Å². The van der Waals surface area contributed by atoms with E-state index >= 15 is 0 Å². The Balaban J connectivity index is 1.64. The monoisotopic (exact) mass is 489 g/mol. The van der Waals surface area contributed by atoms with Crippen molar-refractivity contribution in [2.45, 2.75) is 57.6 Å². The predicted molar refractivity (Wildman–Crippen MR) is 129 cm³/mol. The molecule has 0 heterocycles. The topological polar surface area (TPSA) is 94.1 Å². The quantitative estimate of drug-likeness (QED) is 0.373. The smallest absolute Gasteiger partial charge is 0.344 e. The van der Waals surface area contributed by atoms with Crippen molar-refractivity contribution in [1.82, 2.24) is 5.32 Å². The Morgan fingerprint density at radius 3 is 2.74 bits per heavy atom. The molecule has 1 aliphatic carbocycles. The number of hydrogen-bond acceptors (Lipinski definition) is 7. The number of aliphatic hydroxyl groups excluding tert-OH is 1. The summed E-state index contributed by atoms with van der Waals surface area (Å²) in [6, 6.07) is 13.0. The molecule has 3 unspecified atom stereocenters. The Bertz CT molecular complexity index is 982. The van der Waals surface area contributed by atoms with Crippen molar-refractivity contribution < 1.29 is 28.9 Å². The highest BCUT2D eigenvalue weighted by Gasteiger charge is 2.25. The lowest BCUT2D eigenvalue weighted by Crippen LogP contribution is -2.36. The van der Waals surface area contributed by atoms with Crippen LogP contribution in [0.3, 0.4) is 0 Å². The van der Waals surface area contributed by atoms with Gasteiger partial charge in [0.15, 0.2) is 18.1 Å². The van der Waals surface area contributed by atoms with Gasteiger partial charge in [0.25, 0.3) is 0 Å². The maximum atomic E-state index is 11.7. The highest BCUT2D eigenvalue weighted by molar-refractivity contribution is 6.30. The van der Waals surface area contributed by atoms with E-state index in [9.17, 15) is 14.7 Å². The van der Waals surface area contributed by atoms with Gasteiger partial charge in [-0.3, -0.25) is 4.79 Å². The minimum Gasteiger partial charge on any atom is -0.478 e. The number of carbonyl (C=O) groups is 2. The molecule has 184 valence electrons. The second kappa shape index (κ2) is 12.7. The molecule has 1 saturated carbocycles. The van der Waals surface area contributed by atoms with Crippen LogP contribution in [-0.4, -0.2) is 42.8 Å². The fraction of sp³-hybridized carbons (Fsp3) is 0.462. The van der Waals surface area contributed by atoms with Crippen LogP contribution in [-0.2, 0) is 14.3 Å². The third-order valence-electron chi connectivity index (χ3n) is 5.85. The van der Waals surface area contributed by atoms with Gasteiger partial charge in [-0.05, 0) is 67.5 Å². The van der Waals surface area contributed by atoms with Crippen molar-refractivity contribution >= 4 is 23.5 Å². The van der Waals surface area contributed by atoms with Crippen LogP contribution in [0.1, 0.15) is 62.7 Å². The van der Waals surface area contributed by atoms with Crippen LogP contribution in [0.5, 0.6) is 11.5 Å². The van der Waals surface area contributed by atoms with Gasteiger partial charge in [0.1, 0.15) is 0 Å². The average molecular weight is 490 g/mol. The first-order valence-corrected chi connectivity index (χ1v) is 12.0. The summed E-state index contributed by atoms with van der Waals surface area (Å²) in [6.45, 7) is 3.49. The number of halogens is 1. The first-order valence-electron chi connectivity index (χ1n) is 11.6. The fourth-order valence-electron chi connectivity index (χ4n) is 4.26. The number of benzene rings is 2. The molecule has 0 aliphatic heterocycles. The number of rotatable bonds is 10. The molecule has 1 fully saturated rings. The number of carbonyl (C=O) groups excluding carboxylic acids is 2. The summed E-state index contributed by atoms with van der Waals surface area (Å²) in [7, 11) is 0. The summed E-state index contributed by atoms with van der Waals surface area (Å²) in [5.74, 6) is -0.0652. The van der Waals surface area contributed by atoms with E-state index in [1.165, 1.54) is 6.92 Å². The second-order valence-electron chi connectivity index (χ2n) is 8.43. The summed E-state index contributed by atoms with van der Waals surface area (Å²) in [5, 5.41) is 14.6. The van der Waals surface area contributed by atoms with E-state index in [2.05, 4.69) is 5.32 Å². The molecular formula is C26H32ClNO6. The zero-order chi connectivity index (χ0) is 24.5. The predicted octanol–water partition coefficient (Wildman–Crippen LogP) is 4.56. The number of aliphatic hydroxyl groups is 1. The molecule has 8 heteroatoms. The van der Waals surface area contributed by atoms with Gasteiger partial charge in [-0.15, -0.1) is 0 Å². The Morgan fingerprint density at radius 2 is 2.00 bits per heavy atom. The van der Waals surface area contributed by atoms with Gasteiger partial charge in [-0.25, -0.2) is 4.79 Å². The highest BCUT2D eigenvalue weighted by Crippen LogP contribution is 2.38. The van der Waals surface area contributed by atoms with Crippen LogP contribution in [0.2, 0.25) is 5.02 Å². The molecule has 0 radical (unpaired) electrons. The van der Waals surface area contributed by atoms with Crippen LogP contribution >= 0.6 is 11.6 Å². The standard InChI is InChI=1S/C26H32ClNO6/c1-3-32-26(31)16-33-25-14-19(10-11-24(25)34-17(2)29)18-6-5-9-22(13-18)28-15-23(30)20-7-4-8-21(27)12-20/h4,7-8,10-12,14,18,22-23,28,30H,3,5-6,9,13,15-16H2,1-2H3. The molecule has 0 bridgehead atoms. The molecule has 2 aromatic carbocycles. The first kappa shape index (κ1) is 26.0. The van der Waals surface area contributed by atoms with E-state index in [0.29, 0.717) is 17.3 Å². The van der Waals surface area contributed by atoms with Gasteiger partial charge >= 0.3 is 11.9 Å². The van der Waals surface area contributed by atoms with Crippen LogP contribution < -0.4 is 14.8 Å². The van der Waals surface area contributed by atoms with E-state index in [-0.39, 0.29) is 30.9 Å². The van der Waals surface area contributed by atoms with Crippen molar-refractivity contribution in [2.75, 3.05) is 19.8 Å². The average Bonchev–Trinajstić information content (AvgIpc) is 2.82. The minimum absolute atomic E-state index is 0.254. The van der Waals surface area contributed by atoms with Gasteiger partial charge in [0.05, 0.1) is 12.7 Å². The van der Waals surface area contributed by atoms with Gasteiger partial charge in [0.2, 0.25) is 0 Å². The fourth-order valence-corrected chi connectivity index (χ4v) is 4.46. The third-order valence-corrected chi connectivity index (χ3v) is 6.09. The van der Waals surface area contributed by atoms with E-state index in [1.54, 1.807) is 25.1 Å². The molecule has 3 rings (SSSR count). The zero-order valence-electron chi connectivity index (χ0n) is 19.6. The highest BCUT2D eigenvalue weighted by atomic mass is 35.5. The minimum atomic E-state index is -0.634. The Hall–Kier alpha value is -2.61. The maximum absolute atomic E-state index is 11.7. The SMILES string of the molecule is CCOC(=O)COc1cc(C2CCCC(NCC(O)c3cccc(Cl)c3)C2)ccc1OC(C)=O. The number of nitrogens with one attached hydrogen (secondary N) is 1. The summed E-state index contributed by atoms with van der Waals surface area (Å²) < 4.78 is 15.8. The lowest BCUT2D eigenvalue weighted by molar-refractivity contribution is -0.145. The number of hydrogen-bond donors (Lipinski definition) is 2. The molecule has 0 aromatic heterocycles. The molecule has 3 atom stereocenters. The first-order chi connectivity index (χ1) is 16.4. The van der Waals surface area contributed by atoms with Crippen LogP contribution in [0, 0.1) is 0 Å². The van der Waals surface area contributed by atoms with Gasteiger partial charge in [-0.2, -0.15) is 0 Å². The van der Waals surface area contributed by atoms with Crippen molar-refractivity contribution in [3.63, 3.8) is 0 Å². The lowest BCUT2D eigenvalue weighted by Gasteiger charge is -2.31. The van der Waals surface area contributed by atoms with Gasteiger partial charge < -0.3 is 24.6 Å². The molecule has 2 aromatic rings. The van der Waals surface area contributed by atoms with E-state index in [1.807, 2.05) is 24.3 Å². The summed E-state index contributed by atoms with van der Waals surface area (Å²) in [6.07, 6.45) is 3.34. The molecule has 0 saturated heterocycles.